The lowest BCUT2D eigenvalue weighted by Gasteiger charge is -2.28. The second-order valence-corrected chi connectivity index (χ2v) is 11.8. The molecule has 0 saturated carbocycles. The summed E-state index contributed by atoms with van der Waals surface area (Å²) in [6.07, 6.45) is 3.26. The highest BCUT2D eigenvalue weighted by Crippen LogP contribution is 2.35. The molecule has 9 heteroatoms. The molecule has 0 amide bonds. The summed E-state index contributed by atoms with van der Waals surface area (Å²) < 4.78 is 4.87. The van der Waals surface area contributed by atoms with Crippen molar-refractivity contribution in [3.63, 3.8) is 0 Å². The average molecular weight is 491 g/mol. The lowest BCUT2D eigenvalue weighted by Crippen LogP contribution is -2.36. The molecule has 0 aliphatic rings. The van der Waals surface area contributed by atoms with Gasteiger partial charge in [-0.3, -0.25) is 4.79 Å². The minimum absolute atomic E-state index is 0.227. The van der Waals surface area contributed by atoms with Crippen LogP contribution in [0.2, 0.25) is 5.15 Å². The molecule has 2 aromatic heterocycles. The van der Waals surface area contributed by atoms with Crippen molar-refractivity contribution in [1.29, 1.82) is 0 Å². The fourth-order valence-electron chi connectivity index (χ4n) is 2.83. The Balaban J connectivity index is 1.72. The lowest BCUT2D eigenvalue weighted by atomic mass is 10.1. The summed E-state index contributed by atoms with van der Waals surface area (Å²) in [4.78, 5) is 28.4. The molecule has 0 spiro atoms. The van der Waals surface area contributed by atoms with Crippen LogP contribution in [0.1, 0.15) is 45.2 Å². The van der Waals surface area contributed by atoms with Gasteiger partial charge in [0.15, 0.2) is 0 Å². The first kappa shape index (κ1) is 24.5. The molecule has 0 bridgehead atoms. The molecule has 0 N–H and O–H groups in total. The number of benzene rings is 1. The van der Waals surface area contributed by atoms with E-state index in [1.165, 1.54) is 18.1 Å². The third kappa shape index (κ3) is 7.18. The van der Waals surface area contributed by atoms with Gasteiger partial charge in [0.1, 0.15) is 32.7 Å². The van der Waals surface area contributed by atoms with Gasteiger partial charge >= 0.3 is 5.97 Å². The van der Waals surface area contributed by atoms with Gasteiger partial charge in [-0.15, -0.1) is 23.1 Å². The number of carbonyl (C=O) groups is 1. The van der Waals surface area contributed by atoms with Gasteiger partial charge in [-0.1, -0.05) is 23.7 Å². The summed E-state index contributed by atoms with van der Waals surface area (Å²) in [6, 6.07) is 9.93. The Morgan fingerprint density at radius 3 is 2.41 bits per heavy atom. The van der Waals surface area contributed by atoms with E-state index < -0.39 is 10.3 Å². The van der Waals surface area contributed by atoms with Crippen LogP contribution in [0.15, 0.2) is 53.1 Å². The lowest BCUT2D eigenvalue weighted by molar-refractivity contribution is -0.156. The van der Waals surface area contributed by atoms with Crippen molar-refractivity contribution in [3.8, 4) is 0 Å². The van der Waals surface area contributed by atoms with E-state index in [4.69, 9.17) is 16.3 Å². The number of thiazole rings is 1. The number of hydrogen-bond acceptors (Lipinski definition) is 8. The number of esters is 1. The summed E-state index contributed by atoms with van der Waals surface area (Å²) in [6.45, 7) is 10.7. The summed E-state index contributed by atoms with van der Waals surface area (Å²) in [5.41, 5.74) is 0.597. The molecule has 170 valence electrons. The van der Waals surface area contributed by atoms with E-state index >= 15 is 0 Å². The summed E-state index contributed by atoms with van der Waals surface area (Å²) in [5, 5.41) is 3.35. The zero-order valence-electron chi connectivity index (χ0n) is 18.8. The van der Waals surface area contributed by atoms with Crippen LogP contribution in [-0.4, -0.2) is 31.3 Å². The van der Waals surface area contributed by atoms with Gasteiger partial charge in [-0.05, 0) is 52.3 Å². The number of thioether (sulfide) groups is 1. The van der Waals surface area contributed by atoms with Crippen molar-refractivity contribution in [1.82, 2.24) is 15.0 Å². The maximum absolute atomic E-state index is 12.6. The van der Waals surface area contributed by atoms with E-state index in [0.717, 1.165) is 21.3 Å². The van der Waals surface area contributed by atoms with Crippen molar-refractivity contribution < 1.29 is 9.53 Å². The van der Waals surface area contributed by atoms with E-state index in [0.29, 0.717) is 18.2 Å². The van der Waals surface area contributed by atoms with Gasteiger partial charge in [-0.25, -0.2) is 15.0 Å². The highest BCUT2D eigenvalue weighted by molar-refractivity contribution is 8.01. The van der Waals surface area contributed by atoms with E-state index in [1.54, 1.807) is 23.6 Å². The standard InChI is InChI=1S/C23H27ClN4O2S2/c1-22(2,3)30-21(29)23(4,5)32-17-8-6-16(7-9-17)13-28(14-20-25-10-11-31-20)19-12-18(24)26-15-27-19/h6-12,15H,13-14H2,1-5H3. The average Bonchev–Trinajstić information content (AvgIpc) is 3.20. The third-order valence-corrected chi connectivity index (χ3v) is 6.47. The largest absolute Gasteiger partial charge is 0.459 e. The number of ether oxygens (including phenoxy) is 1. The van der Waals surface area contributed by atoms with E-state index in [9.17, 15) is 4.79 Å². The fourth-order valence-corrected chi connectivity index (χ4v) is 4.59. The molecule has 6 nitrogen and oxygen atoms in total. The molecule has 0 atom stereocenters. The number of anilines is 1. The molecule has 3 rings (SSSR count). The second-order valence-electron chi connectivity index (χ2n) is 8.74. The van der Waals surface area contributed by atoms with E-state index in [1.807, 2.05) is 52.1 Å². The molecule has 0 unspecified atom stereocenters. The summed E-state index contributed by atoms with van der Waals surface area (Å²) in [7, 11) is 0. The van der Waals surface area contributed by atoms with Crippen LogP contribution >= 0.6 is 34.7 Å². The number of rotatable bonds is 8. The molecular weight excluding hydrogens is 464 g/mol. The zero-order chi connectivity index (χ0) is 23.4. The maximum Gasteiger partial charge on any atom is 0.322 e. The highest BCUT2D eigenvalue weighted by Gasteiger charge is 2.33. The number of nitrogens with zero attached hydrogens (tertiary/aromatic N) is 4. The van der Waals surface area contributed by atoms with Crippen LogP contribution in [0.3, 0.4) is 0 Å². The maximum atomic E-state index is 12.6. The Morgan fingerprint density at radius 2 is 1.81 bits per heavy atom. The topological polar surface area (TPSA) is 68.2 Å². The van der Waals surface area contributed by atoms with Crippen LogP contribution < -0.4 is 4.90 Å². The molecule has 0 aliphatic carbocycles. The van der Waals surface area contributed by atoms with Gasteiger partial charge in [-0.2, -0.15) is 0 Å². The Bertz CT molecular complexity index is 1030. The molecule has 0 aliphatic heterocycles. The second kappa shape index (κ2) is 10.2. The predicted octanol–water partition coefficient (Wildman–Crippen LogP) is 6.01. The van der Waals surface area contributed by atoms with Gasteiger partial charge in [0.05, 0.1) is 6.54 Å². The van der Waals surface area contributed by atoms with Crippen LogP contribution in [0.25, 0.3) is 0 Å². The molecule has 32 heavy (non-hydrogen) atoms. The molecule has 2 heterocycles. The Hall–Kier alpha value is -2.16. The normalized spacial score (nSPS) is 11.9. The van der Waals surface area contributed by atoms with E-state index in [2.05, 4.69) is 32.0 Å². The molecular formula is C23H27ClN4O2S2. The Kier molecular flexibility index (Phi) is 7.79. The number of halogens is 1. The molecule has 0 fully saturated rings. The molecule has 3 aromatic rings. The minimum atomic E-state index is -0.691. The van der Waals surface area contributed by atoms with Gasteiger partial charge < -0.3 is 9.64 Å². The minimum Gasteiger partial charge on any atom is -0.459 e. The Labute approximate surface area is 202 Å². The quantitative estimate of drug-likeness (QED) is 0.217. The number of carbonyl (C=O) groups excluding carboxylic acids is 1. The van der Waals surface area contributed by atoms with Crippen LogP contribution in [0, 0.1) is 0 Å². The first-order chi connectivity index (χ1) is 15.0. The Morgan fingerprint density at radius 1 is 1.09 bits per heavy atom. The van der Waals surface area contributed by atoms with Crippen molar-refractivity contribution in [2.24, 2.45) is 0 Å². The highest BCUT2D eigenvalue weighted by atomic mass is 35.5. The number of hydrogen-bond donors (Lipinski definition) is 0. The van der Waals surface area contributed by atoms with Crippen molar-refractivity contribution in [2.45, 2.75) is 63.0 Å². The summed E-state index contributed by atoms with van der Waals surface area (Å²) in [5.74, 6) is 0.513. The van der Waals surface area contributed by atoms with Crippen molar-refractivity contribution in [2.75, 3.05) is 4.90 Å². The van der Waals surface area contributed by atoms with Crippen LogP contribution in [0.4, 0.5) is 5.82 Å². The molecule has 1 aromatic carbocycles. The SMILES string of the molecule is CC(C)(C)OC(=O)C(C)(C)Sc1ccc(CN(Cc2nccs2)c2cc(Cl)ncn2)cc1. The fraction of sp³-hybridized carbons (Fsp3) is 0.391. The molecule has 0 saturated heterocycles. The predicted molar refractivity (Wildman–Crippen MR) is 131 cm³/mol. The van der Waals surface area contributed by atoms with Crippen LogP contribution in [0.5, 0.6) is 0 Å². The summed E-state index contributed by atoms with van der Waals surface area (Å²) >= 11 is 9.18. The van der Waals surface area contributed by atoms with Crippen molar-refractivity contribution >= 4 is 46.5 Å². The van der Waals surface area contributed by atoms with Gasteiger partial charge in [0.25, 0.3) is 0 Å². The van der Waals surface area contributed by atoms with Crippen LogP contribution in [-0.2, 0) is 22.6 Å². The van der Waals surface area contributed by atoms with Gasteiger partial charge in [0, 0.05) is 29.1 Å². The van der Waals surface area contributed by atoms with Gasteiger partial charge in [0.2, 0.25) is 0 Å². The molecule has 0 radical (unpaired) electrons. The van der Waals surface area contributed by atoms with Crippen molar-refractivity contribution in [3.05, 3.63) is 64.0 Å². The first-order valence-corrected chi connectivity index (χ1v) is 12.2. The number of aromatic nitrogens is 3. The zero-order valence-corrected chi connectivity index (χ0v) is 21.2. The third-order valence-electron chi connectivity index (χ3n) is 4.31. The monoisotopic (exact) mass is 490 g/mol. The van der Waals surface area contributed by atoms with E-state index in [-0.39, 0.29) is 5.97 Å². The first-order valence-electron chi connectivity index (χ1n) is 10.1. The smallest absolute Gasteiger partial charge is 0.322 e.